The summed E-state index contributed by atoms with van der Waals surface area (Å²) in [5, 5.41) is 17.3. The number of imide groups is 1. The van der Waals surface area contributed by atoms with Crippen LogP contribution >= 0.6 is 11.6 Å². The topological polar surface area (TPSA) is 170 Å². The zero-order chi connectivity index (χ0) is 28.8. The first-order valence-electron chi connectivity index (χ1n) is 11.5. The van der Waals surface area contributed by atoms with E-state index in [2.05, 4.69) is 10.2 Å². The van der Waals surface area contributed by atoms with Crippen LogP contribution in [0.2, 0.25) is 5.02 Å². The summed E-state index contributed by atoms with van der Waals surface area (Å²) in [6.45, 7) is 6.17. The van der Waals surface area contributed by atoms with Crippen molar-refractivity contribution in [3.8, 4) is 0 Å². The van der Waals surface area contributed by atoms with Crippen molar-refractivity contribution in [3.63, 3.8) is 0 Å². The van der Waals surface area contributed by atoms with E-state index in [0.717, 1.165) is 13.1 Å². The Labute approximate surface area is 224 Å². The molecule has 0 heterocycles. The number of anilines is 1. The van der Waals surface area contributed by atoms with Gasteiger partial charge < -0.3 is 25.7 Å². The molecule has 0 aliphatic carbocycles. The molecule has 13 heteroatoms. The molecule has 38 heavy (non-hydrogen) atoms. The minimum atomic E-state index is -1.82. The minimum absolute atomic E-state index is 0.0949. The van der Waals surface area contributed by atoms with Crippen LogP contribution in [-0.4, -0.2) is 83.9 Å². The summed E-state index contributed by atoms with van der Waals surface area (Å²) < 4.78 is 14.3. The van der Waals surface area contributed by atoms with Crippen LogP contribution in [0.1, 0.15) is 29.8 Å². The van der Waals surface area contributed by atoms with E-state index in [4.69, 9.17) is 37.1 Å². The number of ketones is 1. The number of carboxylic acids is 2. The van der Waals surface area contributed by atoms with Gasteiger partial charge in [-0.2, -0.15) is 0 Å². The molecule has 5 N–H and O–H groups in total. The predicted octanol–water partition coefficient (Wildman–Crippen LogP) is 1.62. The SMILES string of the molecule is CCN(CC)CCN(CC(=O)NC(=O)CN)c1ccc(Cl)cc1C(=O)c1ccccc1F.O=C(O)C(=O)O. The fourth-order valence-corrected chi connectivity index (χ4v) is 3.43. The summed E-state index contributed by atoms with van der Waals surface area (Å²) >= 11 is 6.15. The Bertz CT molecular complexity index is 1150. The Morgan fingerprint density at radius 3 is 2.05 bits per heavy atom. The van der Waals surface area contributed by atoms with E-state index in [1.807, 2.05) is 13.8 Å². The van der Waals surface area contributed by atoms with Gasteiger partial charge in [0, 0.05) is 29.4 Å². The van der Waals surface area contributed by atoms with Crippen LogP contribution < -0.4 is 16.0 Å². The maximum absolute atomic E-state index is 14.3. The summed E-state index contributed by atoms with van der Waals surface area (Å²) in [5.41, 5.74) is 5.77. The molecule has 2 aromatic carbocycles. The van der Waals surface area contributed by atoms with Crippen LogP contribution in [0.5, 0.6) is 0 Å². The number of benzene rings is 2. The molecule has 0 aliphatic heterocycles. The molecule has 0 fully saturated rings. The highest BCUT2D eigenvalue weighted by Gasteiger charge is 2.23. The molecule has 0 atom stereocenters. The highest BCUT2D eigenvalue weighted by atomic mass is 35.5. The third-order valence-corrected chi connectivity index (χ3v) is 5.46. The molecule has 2 amide bonds. The van der Waals surface area contributed by atoms with Gasteiger partial charge in [0.1, 0.15) is 5.82 Å². The van der Waals surface area contributed by atoms with E-state index in [1.54, 1.807) is 23.1 Å². The molecule has 0 saturated carbocycles. The van der Waals surface area contributed by atoms with Crippen molar-refractivity contribution in [1.82, 2.24) is 10.2 Å². The van der Waals surface area contributed by atoms with Crippen LogP contribution in [0.4, 0.5) is 10.1 Å². The van der Waals surface area contributed by atoms with Crippen molar-refractivity contribution >= 4 is 46.8 Å². The van der Waals surface area contributed by atoms with Crippen molar-refractivity contribution in [1.29, 1.82) is 0 Å². The van der Waals surface area contributed by atoms with Crippen LogP contribution in [0.15, 0.2) is 42.5 Å². The van der Waals surface area contributed by atoms with Crippen LogP contribution in [-0.2, 0) is 19.2 Å². The quantitative estimate of drug-likeness (QED) is 0.237. The third-order valence-electron chi connectivity index (χ3n) is 5.22. The van der Waals surface area contributed by atoms with Gasteiger partial charge in [0.2, 0.25) is 11.8 Å². The van der Waals surface area contributed by atoms with E-state index >= 15 is 0 Å². The van der Waals surface area contributed by atoms with Crippen molar-refractivity contribution in [2.45, 2.75) is 13.8 Å². The van der Waals surface area contributed by atoms with Gasteiger partial charge in [-0.05, 0) is 43.4 Å². The average Bonchev–Trinajstić information content (AvgIpc) is 2.88. The second-order valence-corrected chi connectivity index (χ2v) is 8.14. The van der Waals surface area contributed by atoms with Gasteiger partial charge in [0.05, 0.1) is 18.7 Å². The first kappa shape index (κ1) is 32.2. The molecule has 2 aromatic rings. The molecule has 0 spiro atoms. The number of aliphatic carboxylic acids is 2. The number of carbonyl (C=O) groups is 5. The standard InChI is InChI=1S/C23H28ClFN4O3.C2H2O4/c1-3-28(4-2)11-12-29(15-22(31)27-21(30)14-26)20-10-9-16(24)13-18(20)23(32)17-7-5-6-8-19(17)25;3-1(4)2(5)6/h5-10,13H,3-4,11-12,14-15,26H2,1-2H3,(H,27,30,31);(H,3,4)(H,5,6). The van der Waals surface area contributed by atoms with E-state index in [-0.39, 0.29) is 24.2 Å². The first-order valence-corrected chi connectivity index (χ1v) is 11.9. The molecule has 2 rings (SSSR count). The van der Waals surface area contributed by atoms with Gasteiger partial charge in [-0.25, -0.2) is 14.0 Å². The van der Waals surface area contributed by atoms with Gasteiger partial charge in [0.25, 0.3) is 0 Å². The number of hydrogen-bond acceptors (Lipinski definition) is 8. The van der Waals surface area contributed by atoms with Crippen LogP contribution in [0.25, 0.3) is 0 Å². The summed E-state index contributed by atoms with van der Waals surface area (Å²) in [6, 6.07) is 10.4. The molecule has 206 valence electrons. The highest BCUT2D eigenvalue weighted by Crippen LogP contribution is 2.27. The van der Waals surface area contributed by atoms with Crippen LogP contribution in [0, 0.1) is 5.82 Å². The van der Waals surface area contributed by atoms with E-state index < -0.39 is 35.4 Å². The number of amides is 2. The molecule has 0 radical (unpaired) electrons. The number of halogens is 2. The molecule has 0 unspecified atom stereocenters. The number of hydrogen-bond donors (Lipinski definition) is 4. The normalized spacial score (nSPS) is 10.3. The maximum atomic E-state index is 14.3. The van der Waals surface area contributed by atoms with E-state index in [9.17, 15) is 18.8 Å². The second kappa shape index (κ2) is 16.1. The lowest BCUT2D eigenvalue weighted by Gasteiger charge is -2.29. The first-order chi connectivity index (χ1) is 17.9. The molecule has 0 bridgehead atoms. The fourth-order valence-electron chi connectivity index (χ4n) is 3.26. The Hall–Kier alpha value is -3.87. The lowest BCUT2D eigenvalue weighted by Crippen LogP contribution is -2.45. The Kier molecular flexibility index (Phi) is 13.6. The van der Waals surface area contributed by atoms with Gasteiger partial charge in [-0.1, -0.05) is 37.6 Å². The average molecular weight is 553 g/mol. The Balaban J connectivity index is 0.00000107. The zero-order valence-electron chi connectivity index (χ0n) is 20.9. The lowest BCUT2D eigenvalue weighted by atomic mass is 10.0. The van der Waals surface area contributed by atoms with Gasteiger partial charge in [0.15, 0.2) is 5.78 Å². The van der Waals surface area contributed by atoms with Crippen LogP contribution in [0.3, 0.4) is 0 Å². The monoisotopic (exact) mass is 552 g/mol. The predicted molar refractivity (Wildman–Crippen MR) is 139 cm³/mol. The van der Waals surface area contributed by atoms with Gasteiger partial charge in [-0.15, -0.1) is 0 Å². The van der Waals surface area contributed by atoms with Crippen molar-refractivity contribution in [2.75, 3.05) is 44.2 Å². The third kappa shape index (κ3) is 10.2. The van der Waals surface area contributed by atoms with Gasteiger partial charge in [-0.3, -0.25) is 19.7 Å². The Morgan fingerprint density at radius 2 is 1.53 bits per heavy atom. The fraction of sp³-hybridized carbons (Fsp3) is 0.320. The van der Waals surface area contributed by atoms with Crippen molar-refractivity contribution in [3.05, 3.63) is 64.4 Å². The van der Waals surface area contributed by atoms with E-state index in [1.165, 1.54) is 24.3 Å². The highest BCUT2D eigenvalue weighted by molar-refractivity contribution is 6.31. The molecular weight excluding hydrogens is 523 g/mol. The summed E-state index contributed by atoms with van der Waals surface area (Å²) in [5.74, 6) is -6.00. The van der Waals surface area contributed by atoms with Crippen molar-refractivity contribution < 1.29 is 38.6 Å². The zero-order valence-corrected chi connectivity index (χ0v) is 21.7. The number of rotatable bonds is 11. The molecular formula is C25H30ClFN4O7. The number of carbonyl (C=O) groups excluding carboxylic acids is 3. The number of likely N-dealkylation sites (N-methyl/N-ethyl adjacent to an activating group) is 1. The van der Waals surface area contributed by atoms with E-state index in [0.29, 0.717) is 23.8 Å². The minimum Gasteiger partial charge on any atom is -0.473 e. The van der Waals surface area contributed by atoms with Gasteiger partial charge >= 0.3 is 11.9 Å². The smallest absolute Gasteiger partial charge is 0.414 e. The second-order valence-electron chi connectivity index (χ2n) is 7.70. The number of nitrogens with two attached hydrogens (primary N) is 1. The molecule has 0 aliphatic rings. The Morgan fingerprint density at radius 1 is 0.921 bits per heavy atom. The summed E-state index contributed by atoms with van der Waals surface area (Å²) in [6.07, 6.45) is 0. The number of carboxylic acid groups (broad SMARTS) is 2. The maximum Gasteiger partial charge on any atom is 0.414 e. The number of nitrogens with one attached hydrogen (secondary N) is 1. The molecule has 0 aromatic heterocycles. The largest absolute Gasteiger partial charge is 0.473 e. The summed E-state index contributed by atoms with van der Waals surface area (Å²) in [4.78, 5) is 59.2. The lowest BCUT2D eigenvalue weighted by molar-refractivity contribution is -0.159. The molecule has 11 nitrogen and oxygen atoms in total. The summed E-state index contributed by atoms with van der Waals surface area (Å²) in [7, 11) is 0. The molecule has 0 saturated heterocycles. The number of nitrogens with zero attached hydrogens (tertiary/aromatic N) is 2. The van der Waals surface area contributed by atoms with Crippen molar-refractivity contribution in [2.24, 2.45) is 5.73 Å².